The van der Waals surface area contributed by atoms with Gasteiger partial charge in [0.25, 0.3) is 11.8 Å². The van der Waals surface area contributed by atoms with Crippen LogP contribution in [0.5, 0.6) is 0 Å². The molecular weight excluding hydrogens is 330 g/mol. The van der Waals surface area contributed by atoms with Gasteiger partial charge >= 0.3 is 0 Å². The number of methoxy groups -OCH3 is 1. The highest BCUT2D eigenvalue weighted by atomic mass is 16.5. The average Bonchev–Trinajstić information content (AvgIpc) is 2.65. The van der Waals surface area contributed by atoms with Crippen LogP contribution in [-0.4, -0.2) is 60.0 Å². The number of β-lactam (4-membered cyclic amide) rings is 1. The maximum absolute atomic E-state index is 12.7. The van der Waals surface area contributed by atoms with Gasteiger partial charge < -0.3 is 14.5 Å². The smallest absolute Gasteiger partial charge is 0.254 e. The molecule has 2 aliphatic heterocycles. The molecular formula is C20H25N3O3. The SMILES string of the molecule is COC1C(=O)N(C(C)C)C1C1CCN(C(=O)c2ccc(C#N)cc2)CC1. The highest BCUT2D eigenvalue weighted by Crippen LogP contribution is 2.36. The number of carbonyl (C=O) groups is 2. The van der Waals surface area contributed by atoms with E-state index < -0.39 is 0 Å². The summed E-state index contributed by atoms with van der Waals surface area (Å²) < 4.78 is 5.41. The molecule has 0 N–H and O–H groups in total. The molecule has 2 unspecified atom stereocenters. The summed E-state index contributed by atoms with van der Waals surface area (Å²) in [6, 6.07) is 9.09. The van der Waals surface area contributed by atoms with Gasteiger partial charge in [-0.1, -0.05) is 0 Å². The van der Waals surface area contributed by atoms with E-state index in [1.807, 2.05) is 23.6 Å². The van der Waals surface area contributed by atoms with Crippen molar-refractivity contribution in [2.45, 2.75) is 44.9 Å². The third-order valence-corrected chi connectivity index (χ3v) is 5.51. The van der Waals surface area contributed by atoms with E-state index >= 15 is 0 Å². The Labute approximate surface area is 154 Å². The molecule has 1 aromatic rings. The Morgan fingerprint density at radius 2 is 1.85 bits per heavy atom. The molecule has 26 heavy (non-hydrogen) atoms. The number of likely N-dealkylation sites (tertiary alicyclic amines) is 2. The van der Waals surface area contributed by atoms with Crippen LogP contribution < -0.4 is 0 Å². The molecule has 2 atom stereocenters. The third kappa shape index (κ3) is 3.19. The lowest BCUT2D eigenvalue weighted by atomic mass is 9.79. The van der Waals surface area contributed by atoms with Gasteiger partial charge in [0.15, 0.2) is 6.10 Å². The molecule has 6 nitrogen and oxygen atoms in total. The summed E-state index contributed by atoms with van der Waals surface area (Å²) in [7, 11) is 1.59. The van der Waals surface area contributed by atoms with Crippen molar-refractivity contribution < 1.29 is 14.3 Å². The predicted octanol–water partition coefficient (Wildman–Crippen LogP) is 2.04. The first kappa shape index (κ1) is 18.4. The summed E-state index contributed by atoms with van der Waals surface area (Å²) in [5.41, 5.74) is 1.16. The van der Waals surface area contributed by atoms with Crippen LogP contribution in [0.3, 0.4) is 0 Å². The second kappa shape index (κ2) is 7.46. The fraction of sp³-hybridized carbons (Fsp3) is 0.550. The van der Waals surface area contributed by atoms with E-state index in [1.54, 1.807) is 31.4 Å². The minimum atomic E-state index is -0.344. The van der Waals surface area contributed by atoms with Gasteiger partial charge in [0.2, 0.25) is 0 Å². The van der Waals surface area contributed by atoms with Gasteiger partial charge in [0.05, 0.1) is 17.7 Å². The van der Waals surface area contributed by atoms with Crippen molar-refractivity contribution in [2.24, 2.45) is 5.92 Å². The number of nitrogens with zero attached hydrogens (tertiary/aromatic N) is 3. The van der Waals surface area contributed by atoms with E-state index in [1.165, 1.54) is 0 Å². The van der Waals surface area contributed by atoms with E-state index in [-0.39, 0.29) is 30.0 Å². The van der Waals surface area contributed by atoms with Crippen molar-refractivity contribution >= 4 is 11.8 Å². The van der Waals surface area contributed by atoms with Crippen LogP contribution >= 0.6 is 0 Å². The van der Waals surface area contributed by atoms with Crippen molar-refractivity contribution in [3.05, 3.63) is 35.4 Å². The number of amides is 2. The average molecular weight is 355 g/mol. The monoisotopic (exact) mass is 355 g/mol. The highest BCUT2D eigenvalue weighted by molar-refractivity contribution is 5.94. The topological polar surface area (TPSA) is 73.6 Å². The summed E-state index contributed by atoms with van der Waals surface area (Å²) >= 11 is 0. The fourth-order valence-corrected chi connectivity index (χ4v) is 4.13. The Kier molecular flexibility index (Phi) is 5.28. The first-order valence-electron chi connectivity index (χ1n) is 9.12. The minimum Gasteiger partial charge on any atom is -0.369 e. The summed E-state index contributed by atoms with van der Waals surface area (Å²) in [6.07, 6.45) is 1.38. The number of piperidine rings is 1. The van der Waals surface area contributed by atoms with Gasteiger partial charge in [0.1, 0.15) is 0 Å². The summed E-state index contributed by atoms with van der Waals surface area (Å²) in [5.74, 6) is 0.426. The van der Waals surface area contributed by atoms with Crippen molar-refractivity contribution in [3.63, 3.8) is 0 Å². The molecule has 0 bridgehead atoms. The van der Waals surface area contributed by atoms with Gasteiger partial charge in [-0.15, -0.1) is 0 Å². The number of nitriles is 1. The van der Waals surface area contributed by atoms with Gasteiger partial charge in [-0.25, -0.2) is 0 Å². The van der Waals surface area contributed by atoms with E-state index in [4.69, 9.17) is 10.00 Å². The first-order valence-corrected chi connectivity index (χ1v) is 9.12. The second-order valence-electron chi connectivity index (χ2n) is 7.30. The van der Waals surface area contributed by atoms with Crippen molar-refractivity contribution in [3.8, 4) is 6.07 Å². The molecule has 6 heteroatoms. The third-order valence-electron chi connectivity index (χ3n) is 5.51. The van der Waals surface area contributed by atoms with Gasteiger partial charge in [-0.05, 0) is 56.9 Å². The number of ether oxygens (including phenoxy) is 1. The molecule has 2 saturated heterocycles. The lowest BCUT2D eigenvalue weighted by molar-refractivity contribution is -0.181. The van der Waals surface area contributed by atoms with Crippen LogP contribution in [-0.2, 0) is 9.53 Å². The van der Waals surface area contributed by atoms with Crippen molar-refractivity contribution in [1.29, 1.82) is 5.26 Å². The highest BCUT2D eigenvalue weighted by Gasteiger charge is 2.52. The quantitative estimate of drug-likeness (QED) is 0.775. The minimum absolute atomic E-state index is 0.00151. The Balaban J connectivity index is 1.62. The number of benzene rings is 1. The molecule has 0 radical (unpaired) electrons. The van der Waals surface area contributed by atoms with Crippen LogP contribution in [0.1, 0.15) is 42.6 Å². The molecule has 3 rings (SSSR count). The standard InChI is InChI=1S/C20H25N3O3/c1-13(2)23-17(18(26-3)20(23)25)15-8-10-22(11-9-15)19(24)16-6-4-14(12-21)5-7-16/h4-7,13,15,17-18H,8-11H2,1-3H3. The van der Waals surface area contributed by atoms with E-state index in [0.717, 1.165) is 12.8 Å². The van der Waals surface area contributed by atoms with Crippen LogP contribution in [0.15, 0.2) is 24.3 Å². The van der Waals surface area contributed by atoms with Gasteiger partial charge in [-0.3, -0.25) is 9.59 Å². The number of hydrogen-bond acceptors (Lipinski definition) is 4. The van der Waals surface area contributed by atoms with Crippen molar-refractivity contribution in [1.82, 2.24) is 9.80 Å². The second-order valence-corrected chi connectivity index (χ2v) is 7.30. The molecule has 0 aliphatic carbocycles. The lowest BCUT2D eigenvalue weighted by Crippen LogP contribution is -2.70. The molecule has 2 aliphatic rings. The predicted molar refractivity (Wildman–Crippen MR) is 96.4 cm³/mol. The molecule has 0 saturated carbocycles. The van der Waals surface area contributed by atoms with Crippen molar-refractivity contribution in [2.75, 3.05) is 20.2 Å². The van der Waals surface area contributed by atoms with Gasteiger partial charge in [-0.2, -0.15) is 5.26 Å². The largest absolute Gasteiger partial charge is 0.369 e. The Bertz CT molecular complexity index is 715. The zero-order valence-electron chi connectivity index (χ0n) is 15.5. The maximum Gasteiger partial charge on any atom is 0.254 e. The van der Waals surface area contributed by atoms with Crippen LogP contribution in [0.2, 0.25) is 0 Å². The molecule has 2 amide bonds. The summed E-state index contributed by atoms with van der Waals surface area (Å²) in [4.78, 5) is 28.7. The van der Waals surface area contributed by atoms with E-state index in [2.05, 4.69) is 6.07 Å². The Morgan fingerprint density at radius 1 is 1.23 bits per heavy atom. The summed E-state index contributed by atoms with van der Waals surface area (Å²) in [6.45, 7) is 5.41. The zero-order valence-corrected chi connectivity index (χ0v) is 15.5. The Hall–Kier alpha value is -2.39. The Morgan fingerprint density at radius 3 is 2.35 bits per heavy atom. The van der Waals surface area contributed by atoms with Crippen LogP contribution in [0, 0.1) is 17.2 Å². The molecule has 0 aromatic heterocycles. The number of carbonyl (C=O) groups excluding carboxylic acids is 2. The van der Waals surface area contributed by atoms with E-state index in [0.29, 0.717) is 30.1 Å². The van der Waals surface area contributed by atoms with E-state index in [9.17, 15) is 9.59 Å². The molecule has 0 spiro atoms. The summed E-state index contributed by atoms with van der Waals surface area (Å²) in [5, 5.41) is 8.86. The first-order chi connectivity index (χ1) is 12.5. The molecule has 138 valence electrons. The fourth-order valence-electron chi connectivity index (χ4n) is 4.13. The normalized spacial score (nSPS) is 23.7. The molecule has 2 heterocycles. The zero-order chi connectivity index (χ0) is 18.8. The number of rotatable bonds is 4. The lowest BCUT2D eigenvalue weighted by Gasteiger charge is -2.53. The molecule has 1 aromatic carbocycles. The molecule has 2 fully saturated rings. The van der Waals surface area contributed by atoms with Crippen LogP contribution in [0.25, 0.3) is 0 Å². The van der Waals surface area contributed by atoms with Crippen LogP contribution in [0.4, 0.5) is 0 Å². The van der Waals surface area contributed by atoms with Gasteiger partial charge in [0, 0.05) is 31.8 Å². The maximum atomic E-state index is 12.7. The number of hydrogen-bond donors (Lipinski definition) is 0.